The molecule has 0 radical (unpaired) electrons. The van der Waals surface area contributed by atoms with Gasteiger partial charge in [-0.15, -0.1) is 0 Å². The molecule has 1 unspecified atom stereocenters. The Balaban J connectivity index is 2.56. The zero-order valence-electron chi connectivity index (χ0n) is 8.83. The fraction of sp³-hybridized carbons (Fsp3) is 0.455. The van der Waals surface area contributed by atoms with Crippen LogP contribution in [0.1, 0.15) is 37.6 Å². The van der Waals surface area contributed by atoms with Crippen molar-refractivity contribution < 1.29 is 0 Å². The van der Waals surface area contributed by atoms with E-state index in [4.69, 9.17) is 0 Å². The highest BCUT2D eigenvalue weighted by Gasteiger charge is 2.10. The van der Waals surface area contributed by atoms with Gasteiger partial charge in [0.25, 0.3) is 0 Å². The quantitative estimate of drug-likeness (QED) is 0.789. The Hall–Kier alpha value is -1.38. The second-order valence-electron chi connectivity index (χ2n) is 3.76. The van der Waals surface area contributed by atoms with Crippen LogP contribution in [-0.2, 0) is 0 Å². The molecule has 0 aliphatic heterocycles. The van der Waals surface area contributed by atoms with E-state index in [1.807, 2.05) is 6.07 Å². The third kappa shape index (κ3) is 1.39. The molecule has 2 aromatic rings. The summed E-state index contributed by atoms with van der Waals surface area (Å²) in [6.45, 7) is 6.41. The van der Waals surface area contributed by atoms with Crippen molar-refractivity contribution >= 4 is 11.2 Å². The number of rotatable bonds is 2. The monoisotopic (exact) mass is 189 g/mol. The summed E-state index contributed by atoms with van der Waals surface area (Å²) in [5, 5.41) is 0. The van der Waals surface area contributed by atoms with Crippen molar-refractivity contribution in [3.63, 3.8) is 0 Å². The number of nitrogens with one attached hydrogen (secondary N) is 1. The standard InChI is InChI=1S/C11H15N3/c1-4-7(2)10-13-9-8(3)5-6-12-11(9)14-10/h5-7H,4H2,1-3H3,(H,12,13,14). The number of imidazole rings is 1. The van der Waals surface area contributed by atoms with E-state index in [-0.39, 0.29) is 0 Å². The number of aromatic amines is 1. The lowest BCUT2D eigenvalue weighted by Gasteiger charge is -2.01. The SMILES string of the molecule is CCC(C)c1nc2nccc(C)c2[nH]1. The van der Waals surface area contributed by atoms with E-state index in [2.05, 4.69) is 35.7 Å². The molecule has 2 aromatic heterocycles. The van der Waals surface area contributed by atoms with Crippen LogP contribution >= 0.6 is 0 Å². The fourth-order valence-corrected chi connectivity index (χ4v) is 1.48. The summed E-state index contributed by atoms with van der Waals surface area (Å²) in [5.74, 6) is 1.52. The smallest absolute Gasteiger partial charge is 0.177 e. The second-order valence-corrected chi connectivity index (χ2v) is 3.76. The van der Waals surface area contributed by atoms with Crippen LogP contribution in [0.4, 0.5) is 0 Å². The van der Waals surface area contributed by atoms with Crippen molar-refractivity contribution in [2.75, 3.05) is 0 Å². The largest absolute Gasteiger partial charge is 0.340 e. The minimum atomic E-state index is 0.476. The lowest BCUT2D eigenvalue weighted by atomic mass is 10.1. The van der Waals surface area contributed by atoms with E-state index in [0.717, 1.165) is 23.4 Å². The fourth-order valence-electron chi connectivity index (χ4n) is 1.48. The Labute approximate surface area is 83.6 Å². The van der Waals surface area contributed by atoms with E-state index < -0.39 is 0 Å². The molecule has 2 heterocycles. The number of aromatic nitrogens is 3. The van der Waals surface area contributed by atoms with Gasteiger partial charge in [-0.1, -0.05) is 13.8 Å². The van der Waals surface area contributed by atoms with E-state index in [1.165, 1.54) is 5.56 Å². The maximum Gasteiger partial charge on any atom is 0.177 e. The number of pyridine rings is 1. The minimum absolute atomic E-state index is 0.476. The molecule has 0 spiro atoms. The molecular weight excluding hydrogens is 174 g/mol. The summed E-state index contributed by atoms with van der Waals surface area (Å²) in [4.78, 5) is 12.1. The first-order chi connectivity index (χ1) is 6.72. The molecule has 0 bridgehead atoms. The van der Waals surface area contributed by atoms with Gasteiger partial charge in [-0.05, 0) is 25.0 Å². The Morgan fingerprint density at radius 2 is 2.29 bits per heavy atom. The predicted octanol–water partition coefficient (Wildman–Crippen LogP) is 2.78. The highest BCUT2D eigenvalue weighted by Crippen LogP contribution is 2.20. The van der Waals surface area contributed by atoms with E-state index in [0.29, 0.717) is 5.92 Å². The Morgan fingerprint density at radius 1 is 1.50 bits per heavy atom. The molecule has 0 aromatic carbocycles. The zero-order chi connectivity index (χ0) is 10.1. The number of hydrogen-bond donors (Lipinski definition) is 1. The lowest BCUT2D eigenvalue weighted by Crippen LogP contribution is -1.93. The van der Waals surface area contributed by atoms with E-state index in [1.54, 1.807) is 6.20 Å². The summed E-state index contributed by atoms with van der Waals surface area (Å²) in [6.07, 6.45) is 2.90. The zero-order valence-corrected chi connectivity index (χ0v) is 8.83. The van der Waals surface area contributed by atoms with Gasteiger partial charge < -0.3 is 4.98 Å². The first-order valence-electron chi connectivity index (χ1n) is 5.03. The molecule has 0 saturated carbocycles. The van der Waals surface area contributed by atoms with Crippen LogP contribution in [0.3, 0.4) is 0 Å². The third-order valence-corrected chi connectivity index (χ3v) is 2.70. The second kappa shape index (κ2) is 3.40. The maximum atomic E-state index is 4.48. The molecule has 0 aliphatic rings. The molecule has 0 aliphatic carbocycles. The van der Waals surface area contributed by atoms with Gasteiger partial charge in [-0.2, -0.15) is 0 Å². The summed E-state index contributed by atoms with van der Waals surface area (Å²) >= 11 is 0. The molecule has 0 fully saturated rings. The van der Waals surface area contributed by atoms with E-state index >= 15 is 0 Å². The van der Waals surface area contributed by atoms with Gasteiger partial charge in [0.05, 0.1) is 5.52 Å². The van der Waals surface area contributed by atoms with Gasteiger partial charge in [0.1, 0.15) is 5.82 Å². The Bertz CT molecular complexity index is 445. The van der Waals surface area contributed by atoms with Gasteiger partial charge in [-0.3, -0.25) is 0 Å². The minimum Gasteiger partial charge on any atom is -0.340 e. The molecule has 74 valence electrons. The maximum absolute atomic E-state index is 4.48. The van der Waals surface area contributed by atoms with E-state index in [9.17, 15) is 0 Å². The lowest BCUT2D eigenvalue weighted by molar-refractivity contribution is 0.691. The topological polar surface area (TPSA) is 41.6 Å². The van der Waals surface area contributed by atoms with Crippen LogP contribution < -0.4 is 0 Å². The van der Waals surface area contributed by atoms with Crippen LogP contribution in [0.2, 0.25) is 0 Å². The van der Waals surface area contributed by atoms with Crippen molar-refractivity contribution in [2.24, 2.45) is 0 Å². The van der Waals surface area contributed by atoms with Gasteiger partial charge in [0.2, 0.25) is 0 Å². The number of aryl methyl sites for hydroxylation is 1. The highest BCUT2D eigenvalue weighted by molar-refractivity contribution is 5.74. The van der Waals surface area contributed by atoms with Gasteiger partial charge in [0, 0.05) is 12.1 Å². The molecule has 0 amide bonds. The summed E-state index contributed by atoms with van der Waals surface area (Å²) in [6, 6.07) is 2.00. The van der Waals surface area contributed by atoms with Crippen LogP contribution in [0.5, 0.6) is 0 Å². The summed E-state index contributed by atoms with van der Waals surface area (Å²) in [5.41, 5.74) is 3.11. The number of H-pyrrole nitrogens is 1. The van der Waals surface area contributed by atoms with Gasteiger partial charge in [0.15, 0.2) is 5.65 Å². The molecule has 1 N–H and O–H groups in total. The molecule has 3 nitrogen and oxygen atoms in total. The van der Waals surface area contributed by atoms with Crippen molar-refractivity contribution in [3.05, 3.63) is 23.7 Å². The molecule has 2 rings (SSSR count). The average Bonchev–Trinajstić information content (AvgIpc) is 2.62. The normalized spacial score (nSPS) is 13.4. The molecular formula is C11H15N3. The third-order valence-electron chi connectivity index (χ3n) is 2.70. The van der Waals surface area contributed by atoms with Crippen LogP contribution in [0.15, 0.2) is 12.3 Å². The number of fused-ring (bicyclic) bond motifs is 1. The summed E-state index contributed by atoms with van der Waals surface area (Å²) in [7, 11) is 0. The van der Waals surface area contributed by atoms with Crippen LogP contribution in [0.25, 0.3) is 11.2 Å². The van der Waals surface area contributed by atoms with Crippen LogP contribution in [-0.4, -0.2) is 15.0 Å². The van der Waals surface area contributed by atoms with Crippen molar-refractivity contribution in [1.29, 1.82) is 0 Å². The Morgan fingerprint density at radius 3 is 2.93 bits per heavy atom. The number of hydrogen-bond acceptors (Lipinski definition) is 2. The molecule has 14 heavy (non-hydrogen) atoms. The molecule has 3 heteroatoms. The number of nitrogens with zero attached hydrogens (tertiary/aromatic N) is 2. The first-order valence-corrected chi connectivity index (χ1v) is 5.03. The van der Waals surface area contributed by atoms with Crippen molar-refractivity contribution in [2.45, 2.75) is 33.1 Å². The van der Waals surface area contributed by atoms with Crippen LogP contribution in [0, 0.1) is 6.92 Å². The van der Waals surface area contributed by atoms with Crippen molar-refractivity contribution in [3.8, 4) is 0 Å². The van der Waals surface area contributed by atoms with Gasteiger partial charge in [-0.25, -0.2) is 9.97 Å². The average molecular weight is 189 g/mol. The van der Waals surface area contributed by atoms with Crippen molar-refractivity contribution in [1.82, 2.24) is 15.0 Å². The first kappa shape index (κ1) is 9.19. The highest BCUT2D eigenvalue weighted by atomic mass is 15.0. The van der Waals surface area contributed by atoms with Gasteiger partial charge >= 0.3 is 0 Å². The Kier molecular flexibility index (Phi) is 2.23. The summed E-state index contributed by atoms with van der Waals surface area (Å²) < 4.78 is 0. The molecule has 0 saturated heterocycles. The molecule has 1 atom stereocenters. The predicted molar refractivity (Wildman–Crippen MR) is 57.3 cm³/mol.